The highest BCUT2D eigenvalue weighted by molar-refractivity contribution is 6.32. The van der Waals surface area contributed by atoms with Crippen LogP contribution in [0.25, 0.3) is 0 Å². The summed E-state index contributed by atoms with van der Waals surface area (Å²) in [4.78, 5) is 0. The monoisotopic (exact) mass is 257 g/mol. The van der Waals surface area contributed by atoms with Gasteiger partial charge in [0, 0.05) is 6.04 Å². The summed E-state index contributed by atoms with van der Waals surface area (Å²) in [6, 6.07) is 2.71. The van der Waals surface area contributed by atoms with E-state index in [1.54, 1.807) is 13.0 Å². The topological polar surface area (TPSA) is 35.2 Å². The number of halogens is 2. The third-order valence-electron chi connectivity index (χ3n) is 2.31. The number of benzene rings is 1. The first kappa shape index (κ1) is 14.0. The van der Waals surface area contributed by atoms with Crippen LogP contribution in [0.15, 0.2) is 24.3 Å². The van der Waals surface area contributed by atoms with Crippen molar-refractivity contribution in [3.63, 3.8) is 0 Å². The minimum atomic E-state index is -0.480. The van der Waals surface area contributed by atoms with Gasteiger partial charge in [0.1, 0.15) is 0 Å². The van der Waals surface area contributed by atoms with Gasteiger partial charge in [-0.1, -0.05) is 17.2 Å². The van der Waals surface area contributed by atoms with Crippen LogP contribution in [0.4, 0.5) is 4.39 Å². The van der Waals surface area contributed by atoms with Gasteiger partial charge < -0.3 is 10.5 Å². The van der Waals surface area contributed by atoms with Crippen molar-refractivity contribution < 1.29 is 9.13 Å². The first-order valence-corrected chi connectivity index (χ1v) is 5.85. The normalized spacial score (nSPS) is 12.3. The van der Waals surface area contributed by atoms with Crippen LogP contribution in [0.1, 0.15) is 31.9 Å². The summed E-state index contributed by atoms with van der Waals surface area (Å²) in [5.41, 5.74) is 7.53. The van der Waals surface area contributed by atoms with E-state index < -0.39 is 5.82 Å². The molecule has 17 heavy (non-hydrogen) atoms. The van der Waals surface area contributed by atoms with Gasteiger partial charge in [-0.2, -0.15) is 0 Å². The Kier molecular flexibility index (Phi) is 4.97. The Balaban J connectivity index is 3.00. The van der Waals surface area contributed by atoms with E-state index in [-0.39, 0.29) is 16.8 Å². The van der Waals surface area contributed by atoms with E-state index in [4.69, 9.17) is 22.1 Å². The molecule has 2 nitrogen and oxygen atoms in total. The zero-order chi connectivity index (χ0) is 13.0. The molecule has 0 radical (unpaired) electrons. The minimum absolute atomic E-state index is 0.0837. The van der Waals surface area contributed by atoms with Gasteiger partial charge in [0.25, 0.3) is 0 Å². The molecular formula is C13H17ClFNO. The summed E-state index contributed by atoms with van der Waals surface area (Å²) >= 11 is 5.95. The maximum absolute atomic E-state index is 13.7. The molecule has 2 N–H and O–H groups in total. The Morgan fingerprint density at radius 1 is 1.59 bits per heavy atom. The highest BCUT2D eigenvalue weighted by Gasteiger charge is 2.14. The molecule has 0 saturated heterocycles. The highest BCUT2D eigenvalue weighted by Crippen LogP contribution is 2.32. The first-order chi connectivity index (χ1) is 7.95. The molecule has 1 aromatic carbocycles. The van der Waals surface area contributed by atoms with Gasteiger partial charge in [0.15, 0.2) is 11.6 Å². The quantitative estimate of drug-likeness (QED) is 0.814. The smallest absolute Gasteiger partial charge is 0.173 e. The van der Waals surface area contributed by atoms with Gasteiger partial charge in [-0.05, 0) is 38.0 Å². The molecule has 0 aliphatic heterocycles. The maximum atomic E-state index is 13.7. The second kappa shape index (κ2) is 6.03. The van der Waals surface area contributed by atoms with Gasteiger partial charge in [-0.15, -0.1) is 6.58 Å². The second-order valence-electron chi connectivity index (χ2n) is 4.01. The summed E-state index contributed by atoms with van der Waals surface area (Å²) in [6.07, 6.45) is 0.601. The number of rotatable bonds is 5. The second-order valence-corrected chi connectivity index (χ2v) is 4.42. The summed E-state index contributed by atoms with van der Waals surface area (Å²) in [5.74, 6) is -0.396. The number of hydrogen-bond acceptors (Lipinski definition) is 2. The molecule has 4 heteroatoms. The SMILES string of the molecule is C=C(C)C[C@H](N)c1cc(F)c(OCC)c(Cl)c1. The largest absolute Gasteiger partial charge is 0.489 e. The van der Waals surface area contributed by atoms with Crippen molar-refractivity contribution in [2.45, 2.75) is 26.3 Å². The molecule has 0 saturated carbocycles. The Morgan fingerprint density at radius 2 is 2.24 bits per heavy atom. The lowest BCUT2D eigenvalue weighted by atomic mass is 10.0. The molecule has 1 atom stereocenters. The van der Waals surface area contributed by atoms with Crippen molar-refractivity contribution in [1.29, 1.82) is 0 Å². The van der Waals surface area contributed by atoms with Crippen LogP contribution in [0.5, 0.6) is 5.75 Å². The van der Waals surface area contributed by atoms with E-state index in [1.807, 2.05) is 6.92 Å². The maximum Gasteiger partial charge on any atom is 0.173 e. The summed E-state index contributed by atoms with van der Waals surface area (Å²) in [5, 5.41) is 0.249. The van der Waals surface area contributed by atoms with E-state index >= 15 is 0 Å². The minimum Gasteiger partial charge on any atom is -0.489 e. The number of hydrogen-bond donors (Lipinski definition) is 1. The van der Waals surface area contributed by atoms with Crippen LogP contribution >= 0.6 is 11.6 Å². The molecule has 0 amide bonds. The molecule has 0 aliphatic rings. The lowest BCUT2D eigenvalue weighted by Gasteiger charge is -2.14. The lowest BCUT2D eigenvalue weighted by Crippen LogP contribution is -2.11. The van der Waals surface area contributed by atoms with Crippen molar-refractivity contribution in [2.75, 3.05) is 6.61 Å². The standard InChI is InChI=1S/C13H17ClFNO/c1-4-17-13-10(14)6-9(7-11(13)15)12(16)5-8(2)3/h6-7,12H,2,4-5,16H2,1,3H3/t12-/m0/s1. The van der Waals surface area contributed by atoms with Crippen molar-refractivity contribution in [3.8, 4) is 5.75 Å². The van der Waals surface area contributed by atoms with E-state index in [1.165, 1.54) is 6.07 Å². The van der Waals surface area contributed by atoms with Gasteiger partial charge in [0.2, 0.25) is 0 Å². The van der Waals surface area contributed by atoms with E-state index in [0.29, 0.717) is 18.6 Å². The Morgan fingerprint density at radius 3 is 2.71 bits per heavy atom. The first-order valence-electron chi connectivity index (χ1n) is 5.47. The molecule has 0 aromatic heterocycles. The number of nitrogens with two attached hydrogens (primary N) is 1. The zero-order valence-corrected chi connectivity index (χ0v) is 10.9. The fourth-order valence-corrected chi connectivity index (χ4v) is 1.84. The Labute approximate surface area is 106 Å². The lowest BCUT2D eigenvalue weighted by molar-refractivity contribution is 0.321. The number of ether oxygens (including phenoxy) is 1. The van der Waals surface area contributed by atoms with Crippen molar-refractivity contribution in [2.24, 2.45) is 5.73 Å². The van der Waals surface area contributed by atoms with Gasteiger partial charge in [-0.3, -0.25) is 0 Å². The van der Waals surface area contributed by atoms with Crippen molar-refractivity contribution in [3.05, 3.63) is 40.7 Å². The third kappa shape index (κ3) is 3.72. The molecule has 0 heterocycles. The molecular weight excluding hydrogens is 241 g/mol. The molecule has 0 fully saturated rings. The molecule has 0 aliphatic carbocycles. The van der Waals surface area contributed by atoms with E-state index in [9.17, 15) is 4.39 Å². The van der Waals surface area contributed by atoms with Gasteiger partial charge in [-0.25, -0.2) is 4.39 Å². The molecule has 0 unspecified atom stereocenters. The van der Waals surface area contributed by atoms with Crippen molar-refractivity contribution in [1.82, 2.24) is 0 Å². The van der Waals surface area contributed by atoms with Crippen LogP contribution in [0.2, 0.25) is 5.02 Å². The molecule has 0 spiro atoms. The van der Waals surface area contributed by atoms with Crippen LogP contribution in [-0.2, 0) is 0 Å². The van der Waals surface area contributed by atoms with E-state index in [0.717, 1.165) is 5.57 Å². The average Bonchev–Trinajstić information content (AvgIpc) is 2.22. The predicted octanol–water partition coefficient (Wildman–Crippen LogP) is 3.84. The van der Waals surface area contributed by atoms with Crippen LogP contribution < -0.4 is 10.5 Å². The fraction of sp³-hybridized carbons (Fsp3) is 0.385. The van der Waals surface area contributed by atoms with Crippen molar-refractivity contribution >= 4 is 11.6 Å². The summed E-state index contributed by atoms with van der Waals surface area (Å²) in [7, 11) is 0. The highest BCUT2D eigenvalue weighted by atomic mass is 35.5. The summed E-state index contributed by atoms with van der Waals surface area (Å²) < 4.78 is 18.8. The Bertz CT molecular complexity index is 397. The van der Waals surface area contributed by atoms with Gasteiger partial charge in [0.05, 0.1) is 11.6 Å². The van der Waals surface area contributed by atoms with Crippen LogP contribution in [0.3, 0.4) is 0 Å². The molecule has 94 valence electrons. The van der Waals surface area contributed by atoms with Crippen LogP contribution in [-0.4, -0.2) is 6.61 Å². The summed E-state index contributed by atoms with van der Waals surface area (Å²) in [6.45, 7) is 7.81. The molecule has 1 rings (SSSR count). The average molecular weight is 258 g/mol. The van der Waals surface area contributed by atoms with Crippen LogP contribution in [0, 0.1) is 5.82 Å². The Hall–Kier alpha value is -1.06. The third-order valence-corrected chi connectivity index (χ3v) is 2.59. The zero-order valence-electron chi connectivity index (χ0n) is 10.1. The molecule has 1 aromatic rings. The van der Waals surface area contributed by atoms with Gasteiger partial charge >= 0.3 is 0 Å². The predicted molar refractivity (Wildman–Crippen MR) is 68.9 cm³/mol. The van der Waals surface area contributed by atoms with E-state index in [2.05, 4.69) is 6.58 Å². The molecule has 0 bridgehead atoms. The fourth-order valence-electron chi connectivity index (χ4n) is 1.57.